The molecule has 0 heterocycles. The lowest BCUT2D eigenvalue weighted by Gasteiger charge is -2.08. The molecule has 0 bridgehead atoms. The van der Waals surface area contributed by atoms with Gasteiger partial charge in [0, 0.05) is 17.9 Å². The van der Waals surface area contributed by atoms with Gasteiger partial charge in [0.1, 0.15) is 0 Å². The molecular formula is C18H21NO5S. The van der Waals surface area contributed by atoms with Gasteiger partial charge in [-0.3, -0.25) is 4.79 Å². The highest BCUT2D eigenvalue weighted by Gasteiger charge is 2.10. The van der Waals surface area contributed by atoms with Crippen LogP contribution < -0.4 is 10.1 Å². The van der Waals surface area contributed by atoms with Crippen molar-refractivity contribution in [3.05, 3.63) is 48.0 Å². The first-order chi connectivity index (χ1) is 11.9. The van der Waals surface area contributed by atoms with Crippen molar-refractivity contribution in [2.45, 2.75) is 6.92 Å². The Hall–Kier alpha value is -2.54. The van der Waals surface area contributed by atoms with E-state index in [1.165, 1.54) is 7.11 Å². The number of phenolic OH excluding ortho intramolecular Hbond substituents is 1. The lowest BCUT2D eigenvalue weighted by Crippen LogP contribution is -2.29. The van der Waals surface area contributed by atoms with E-state index in [1.54, 1.807) is 49.4 Å². The molecule has 1 amide bonds. The highest BCUT2D eigenvalue weighted by Crippen LogP contribution is 2.31. The molecule has 134 valence electrons. The van der Waals surface area contributed by atoms with Gasteiger partial charge in [-0.25, -0.2) is 8.42 Å². The molecule has 0 radical (unpaired) electrons. The normalized spacial score (nSPS) is 11.1. The second kappa shape index (κ2) is 8.02. The van der Waals surface area contributed by atoms with Gasteiger partial charge in [0.2, 0.25) is 0 Å². The van der Waals surface area contributed by atoms with E-state index in [9.17, 15) is 18.3 Å². The minimum absolute atomic E-state index is 0.0595. The van der Waals surface area contributed by atoms with Gasteiger partial charge >= 0.3 is 0 Å². The fourth-order valence-electron chi connectivity index (χ4n) is 2.24. The maximum atomic E-state index is 12.1. The smallest absolute Gasteiger partial charge is 0.251 e. The molecule has 0 atom stereocenters. The zero-order chi connectivity index (χ0) is 18.4. The number of carbonyl (C=O) groups is 1. The molecule has 0 aromatic heterocycles. The van der Waals surface area contributed by atoms with Crippen molar-refractivity contribution in [2.75, 3.05) is 25.2 Å². The monoisotopic (exact) mass is 363 g/mol. The van der Waals surface area contributed by atoms with Crippen LogP contribution in [-0.2, 0) is 9.84 Å². The quantitative estimate of drug-likeness (QED) is 0.787. The lowest BCUT2D eigenvalue weighted by atomic mass is 10.0. The Kier molecular flexibility index (Phi) is 6.03. The number of aromatic hydroxyl groups is 1. The van der Waals surface area contributed by atoms with Crippen molar-refractivity contribution in [3.8, 4) is 22.6 Å². The van der Waals surface area contributed by atoms with Crippen molar-refractivity contribution in [1.82, 2.24) is 5.32 Å². The molecule has 0 aliphatic carbocycles. The number of benzene rings is 2. The fourth-order valence-corrected chi connectivity index (χ4v) is 2.94. The van der Waals surface area contributed by atoms with Gasteiger partial charge in [-0.2, -0.15) is 0 Å². The summed E-state index contributed by atoms with van der Waals surface area (Å²) >= 11 is 0. The third-order valence-electron chi connectivity index (χ3n) is 3.80. The average Bonchev–Trinajstić information content (AvgIpc) is 2.62. The van der Waals surface area contributed by atoms with Crippen LogP contribution in [-0.4, -0.2) is 44.6 Å². The maximum Gasteiger partial charge on any atom is 0.251 e. The lowest BCUT2D eigenvalue weighted by molar-refractivity contribution is 0.0956. The highest BCUT2D eigenvalue weighted by atomic mass is 32.2. The Labute approximate surface area is 147 Å². The van der Waals surface area contributed by atoms with Crippen molar-refractivity contribution in [2.24, 2.45) is 0 Å². The molecule has 2 N–H and O–H groups in total. The molecule has 0 unspecified atom stereocenters. The Bertz CT molecular complexity index is 844. The van der Waals surface area contributed by atoms with Crippen LogP contribution in [0.3, 0.4) is 0 Å². The van der Waals surface area contributed by atoms with E-state index in [0.29, 0.717) is 11.3 Å². The summed E-state index contributed by atoms with van der Waals surface area (Å²) in [6.07, 6.45) is 0. The van der Waals surface area contributed by atoms with E-state index in [2.05, 4.69) is 5.32 Å². The van der Waals surface area contributed by atoms with E-state index >= 15 is 0 Å². The molecule has 0 saturated carbocycles. The van der Waals surface area contributed by atoms with Crippen LogP contribution in [0.15, 0.2) is 42.5 Å². The number of ether oxygens (including phenoxy) is 1. The van der Waals surface area contributed by atoms with Gasteiger partial charge in [-0.05, 0) is 35.4 Å². The van der Waals surface area contributed by atoms with Crippen LogP contribution >= 0.6 is 0 Å². The van der Waals surface area contributed by atoms with Crippen LogP contribution in [0.2, 0.25) is 0 Å². The second-order valence-corrected chi connectivity index (χ2v) is 7.93. The van der Waals surface area contributed by atoms with E-state index < -0.39 is 9.84 Å². The molecular weight excluding hydrogens is 342 g/mol. The third kappa shape index (κ3) is 4.96. The SMILES string of the molecule is CCS(=O)(=O)CCNC(=O)c1ccc(-c2ccc(O)c(OC)c2)cc1. The molecule has 2 aromatic rings. The average molecular weight is 363 g/mol. The fraction of sp³-hybridized carbons (Fsp3) is 0.278. The van der Waals surface area contributed by atoms with Crippen molar-refractivity contribution in [1.29, 1.82) is 0 Å². The Balaban J connectivity index is 2.05. The molecule has 0 aliphatic rings. The first-order valence-corrected chi connectivity index (χ1v) is 9.64. The Morgan fingerprint density at radius 1 is 1.12 bits per heavy atom. The summed E-state index contributed by atoms with van der Waals surface area (Å²) in [4.78, 5) is 12.1. The summed E-state index contributed by atoms with van der Waals surface area (Å²) in [7, 11) is -1.62. The predicted octanol–water partition coefficient (Wildman–Crippen LogP) is 2.23. The van der Waals surface area contributed by atoms with Crippen LogP contribution in [0.4, 0.5) is 0 Å². The van der Waals surface area contributed by atoms with E-state index in [4.69, 9.17) is 4.74 Å². The maximum absolute atomic E-state index is 12.1. The molecule has 2 aromatic carbocycles. The van der Waals surface area contributed by atoms with Gasteiger partial charge < -0.3 is 15.2 Å². The number of methoxy groups -OCH3 is 1. The van der Waals surface area contributed by atoms with Gasteiger partial charge in [-0.15, -0.1) is 0 Å². The minimum atomic E-state index is -3.10. The van der Waals surface area contributed by atoms with E-state index in [1.807, 2.05) is 0 Å². The van der Waals surface area contributed by atoms with E-state index in [-0.39, 0.29) is 29.7 Å². The van der Waals surface area contributed by atoms with Gasteiger partial charge in [0.25, 0.3) is 5.91 Å². The zero-order valence-electron chi connectivity index (χ0n) is 14.2. The molecule has 7 heteroatoms. The summed E-state index contributed by atoms with van der Waals surface area (Å²) < 4.78 is 27.9. The molecule has 0 spiro atoms. The number of sulfone groups is 1. The highest BCUT2D eigenvalue weighted by molar-refractivity contribution is 7.91. The number of hydrogen-bond donors (Lipinski definition) is 2. The van der Waals surface area contributed by atoms with Crippen molar-refractivity contribution < 1.29 is 23.1 Å². The van der Waals surface area contributed by atoms with Crippen molar-refractivity contribution >= 4 is 15.7 Å². The number of carbonyl (C=O) groups excluding carboxylic acids is 1. The number of nitrogens with one attached hydrogen (secondary N) is 1. The Morgan fingerprint density at radius 3 is 2.36 bits per heavy atom. The van der Waals surface area contributed by atoms with Crippen LogP contribution in [0, 0.1) is 0 Å². The van der Waals surface area contributed by atoms with Crippen LogP contribution in [0.25, 0.3) is 11.1 Å². The van der Waals surface area contributed by atoms with Gasteiger partial charge in [0.05, 0.1) is 12.9 Å². The van der Waals surface area contributed by atoms with Gasteiger partial charge in [0.15, 0.2) is 21.3 Å². The largest absolute Gasteiger partial charge is 0.504 e. The molecule has 6 nitrogen and oxygen atoms in total. The molecule has 0 fully saturated rings. The number of phenols is 1. The van der Waals surface area contributed by atoms with E-state index in [0.717, 1.165) is 11.1 Å². The molecule has 0 saturated heterocycles. The summed E-state index contributed by atoms with van der Waals surface area (Å²) in [5.41, 5.74) is 2.16. The second-order valence-electron chi connectivity index (χ2n) is 5.46. The summed E-state index contributed by atoms with van der Waals surface area (Å²) in [6.45, 7) is 1.67. The summed E-state index contributed by atoms with van der Waals surface area (Å²) in [6, 6.07) is 11.9. The summed E-state index contributed by atoms with van der Waals surface area (Å²) in [5.74, 6) is 0.107. The van der Waals surface area contributed by atoms with Crippen LogP contribution in [0.5, 0.6) is 11.5 Å². The first-order valence-electron chi connectivity index (χ1n) is 7.82. The zero-order valence-corrected chi connectivity index (χ0v) is 15.0. The molecule has 25 heavy (non-hydrogen) atoms. The van der Waals surface area contributed by atoms with Crippen LogP contribution in [0.1, 0.15) is 17.3 Å². The molecule has 2 rings (SSSR count). The predicted molar refractivity (Wildman–Crippen MR) is 96.8 cm³/mol. The first kappa shape index (κ1) is 18.8. The number of amides is 1. The minimum Gasteiger partial charge on any atom is -0.504 e. The standard InChI is InChI=1S/C18H21NO5S/c1-3-25(22,23)11-10-19-18(21)14-6-4-13(5-7-14)15-8-9-16(20)17(12-15)24-2/h4-9,12,20H,3,10-11H2,1-2H3,(H,19,21). The topological polar surface area (TPSA) is 92.7 Å². The Morgan fingerprint density at radius 2 is 1.76 bits per heavy atom. The molecule has 0 aliphatic heterocycles. The van der Waals surface area contributed by atoms with Gasteiger partial charge in [-0.1, -0.05) is 25.1 Å². The summed E-state index contributed by atoms with van der Waals surface area (Å²) in [5, 5.41) is 12.2. The third-order valence-corrected chi connectivity index (χ3v) is 5.50. The van der Waals surface area contributed by atoms with Crippen molar-refractivity contribution in [3.63, 3.8) is 0 Å². The number of rotatable bonds is 7. The number of hydrogen-bond acceptors (Lipinski definition) is 5.